The van der Waals surface area contributed by atoms with Crippen LogP contribution >= 0.6 is 42.5 Å². The molecule has 0 aliphatic carbocycles. The average Bonchev–Trinajstić information content (AvgIpc) is 2.35. The predicted molar refractivity (Wildman–Crippen MR) is 81.4 cm³/mol. The third kappa shape index (κ3) is 3.72. The van der Waals surface area contributed by atoms with E-state index in [0.717, 1.165) is 0 Å². The molecule has 0 radical (unpaired) electrons. The molecular formula is C12H6Br2ClFO3S. The molecular weight excluding hydrogens is 438 g/mol. The lowest BCUT2D eigenvalue weighted by molar-refractivity contribution is 0.470. The second-order valence-corrected chi connectivity index (χ2v) is 7.98. The van der Waals surface area contributed by atoms with Crippen molar-refractivity contribution < 1.29 is 17.5 Å². The Morgan fingerprint density at radius 2 is 1.70 bits per heavy atom. The number of rotatable bonds is 3. The number of ether oxygens (including phenoxy) is 1. The first-order chi connectivity index (χ1) is 9.27. The fourth-order valence-corrected chi connectivity index (χ4v) is 3.11. The van der Waals surface area contributed by atoms with Crippen molar-refractivity contribution in [1.82, 2.24) is 0 Å². The van der Waals surface area contributed by atoms with Crippen LogP contribution in [0, 0.1) is 5.82 Å². The molecule has 2 aromatic carbocycles. The summed E-state index contributed by atoms with van der Waals surface area (Å²) in [5.41, 5.74) is 0. The second-order valence-electron chi connectivity index (χ2n) is 3.71. The average molecular weight is 445 g/mol. The van der Waals surface area contributed by atoms with Gasteiger partial charge in [-0.05, 0) is 62.2 Å². The van der Waals surface area contributed by atoms with E-state index in [-0.39, 0.29) is 10.6 Å². The van der Waals surface area contributed by atoms with E-state index < -0.39 is 14.9 Å². The highest BCUT2D eigenvalue weighted by molar-refractivity contribution is 9.11. The van der Waals surface area contributed by atoms with Gasteiger partial charge in [-0.25, -0.2) is 12.8 Å². The van der Waals surface area contributed by atoms with Gasteiger partial charge in [0.15, 0.2) is 0 Å². The smallest absolute Gasteiger partial charge is 0.261 e. The van der Waals surface area contributed by atoms with Crippen LogP contribution in [-0.4, -0.2) is 8.42 Å². The van der Waals surface area contributed by atoms with Gasteiger partial charge in [0.1, 0.15) is 17.3 Å². The van der Waals surface area contributed by atoms with Gasteiger partial charge in [-0.15, -0.1) is 0 Å². The van der Waals surface area contributed by atoms with Gasteiger partial charge in [-0.2, -0.15) is 0 Å². The molecule has 0 fully saturated rings. The molecule has 0 saturated carbocycles. The third-order valence-electron chi connectivity index (χ3n) is 2.30. The fourth-order valence-electron chi connectivity index (χ4n) is 1.39. The first-order valence-electron chi connectivity index (χ1n) is 5.14. The van der Waals surface area contributed by atoms with Crippen molar-refractivity contribution in [3.63, 3.8) is 0 Å². The quantitative estimate of drug-likeness (QED) is 0.621. The van der Waals surface area contributed by atoms with Gasteiger partial charge in [-0.3, -0.25) is 0 Å². The minimum absolute atomic E-state index is 0.0586. The molecule has 0 aliphatic heterocycles. The summed E-state index contributed by atoms with van der Waals surface area (Å²) < 4.78 is 42.0. The highest BCUT2D eigenvalue weighted by Crippen LogP contribution is 2.35. The van der Waals surface area contributed by atoms with E-state index in [1.54, 1.807) is 0 Å². The summed E-state index contributed by atoms with van der Waals surface area (Å²) in [6.45, 7) is 0. The number of hydrogen-bond acceptors (Lipinski definition) is 3. The van der Waals surface area contributed by atoms with Crippen molar-refractivity contribution in [1.29, 1.82) is 0 Å². The van der Waals surface area contributed by atoms with Crippen molar-refractivity contribution in [3.05, 3.63) is 51.2 Å². The molecule has 0 aliphatic rings. The van der Waals surface area contributed by atoms with Crippen LogP contribution in [0.5, 0.6) is 11.5 Å². The Morgan fingerprint density at radius 1 is 1.00 bits per heavy atom. The molecule has 0 unspecified atom stereocenters. The van der Waals surface area contributed by atoms with Crippen LogP contribution in [0.25, 0.3) is 0 Å². The van der Waals surface area contributed by atoms with Crippen LogP contribution in [-0.2, 0) is 9.05 Å². The van der Waals surface area contributed by atoms with Gasteiger partial charge in [-0.1, -0.05) is 0 Å². The third-order valence-corrected chi connectivity index (χ3v) is 4.92. The Labute approximate surface area is 136 Å². The topological polar surface area (TPSA) is 43.4 Å². The molecule has 0 N–H and O–H groups in total. The minimum Gasteiger partial charge on any atom is -0.455 e. The van der Waals surface area contributed by atoms with Gasteiger partial charge in [0.25, 0.3) is 9.05 Å². The Balaban J connectivity index is 2.38. The molecule has 0 bridgehead atoms. The van der Waals surface area contributed by atoms with E-state index in [4.69, 9.17) is 15.4 Å². The summed E-state index contributed by atoms with van der Waals surface area (Å²) >= 11 is 6.42. The van der Waals surface area contributed by atoms with Gasteiger partial charge < -0.3 is 4.74 Å². The molecule has 3 nitrogen and oxygen atoms in total. The number of benzene rings is 2. The standard InChI is InChI=1S/C12H6Br2ClFO3S/c13-9-3-1-7(16)5-12(9)19-11-4-2-8(6-10(11)14)20(15,17)18/h1-6H. The van der Waals surface area contributed by atoms with Crippen LogP contribution in [0.4, 0.5) is 4.39 Å². The van der Waals surface area contributed by atoms with E-state index in [9.17, 15) is 12.8 Å². The number of halogens is 4. The first kappa shape index (κ1) is 15.8. The summed E-state index contributed by atoms with van der Waals surface area (Å²) in [4.78, 5) is -0.0586. The lowest BCUT2D eigenvalue weighted by atomic mass is 10.3. The molecule has 0 atom stereocenters. The lowest BCUT2D eigenvalue weighted by Gasteiger charge is -2.10. The van der Waals surface area contributed by atoms with E-state index in [0.29, 0.717) is 14.7 Å². The summed E-state index contributed by atoms with van der Waals surface area (Å²) in [5, 5.41) is 0. The van der Waals surface area contributed by atoms with Gasteiger partial charge >= 0.3 is 0 Å². The van der Waals surface area contributed by atoms with Gasteiger partial charge in [0.2, 0.25) is 0 Å². The van der Waals surface area contributed by atoms with Gasteiger partial charge in [0, 0.05) is 16.7 Å². The van der Waals surface area contributed by atoms with E-state index >= 15 is 0 Å². The Hall–Kier alpha value is -0.630. The monoisotopic (exact) mass is 442 g/mol. The van der Waals surface area contributed by atoms with Crippen molar-refractivity contribution in [2.75, 3.05) is 0 Å². The van der Waals surface area contributed by atoms with Crippen LogP contribution in [0.2, 0.25) is 0 Å². The van der Waals surface area contributed by atoms with Crippen LogP contribution in [0.3, 0.4) is 0 Å². The zero-order valence-corrected chi connectivity index (χ0v) is 14.4. The zero-order chi connectivity index (χ0) is 14.9. The van der Waals surface area contributed by atoms with E-state index in [1.807, 2.05) is 0 Å². The molecule has 0 heterocycles. The zero-order valence-electron chi connectivity index (χ0n) is 9.61. The minimum atomic E-state index is -3.81. The van der Waals surface area contributed by atoms with Crippen LogP contribution < -0.4 is 4.74 Å². The van der Waals surface area contributed by atoms with E-state index in [2.05, 4.69) is 31.9 Å². The van der Waals surface area contributed by atoms with Gasteiger partial charge in [0.05, 0.1) is 13.8 Å². The summed E-state index contributed by atoms with van der Waals surface area (Å²) in [7, 11) is 1.43. The normalized spacial score (nSPS) is 11.4. The van der Waals surface area contributed by atoms with Crippen molar-refractivity contribution in [3.8, 4) is 11.5 Å². The molecule has 2 rings (SSSR count). The molecule has 20 heavy (non-hydrogen) atoms. The molecule has 106 valence electrons. The van der Waals surface area contributed by atoms with Crippen LogP contribution in [0.1, 0.15) is 0 Å². The molecule has 8 heteroatoms. The Bertz CT molecular complexity index is 765. The second kappa shape index (κ2) is 6.01. The maximum atomic E-state index is 13.2. The molecule has 0 aromatic heterocycles. The summed E-state index contributed by atoms with van der Waals surface area (Å²) in [6, 6.07) is 8.05. The Morgan fingerprint density at radius 3 is 2.30 bits per heavy atom. The number of hydrogen-bond donors (Lipinski definition) is 0. The molecule has 2 aromatic rings. The van der Waals surface area contributed by atoms with Crippen LogP contribution in [0.15, 0.2) is 50.2 Å². The molecule has 0 saturated heterocycles. The molecule has 0 amide bonds. The summed E-state index contributed by atoms with van der Waals surface area (Å²) in [5.74, 6) is 0.159. The SMILES string of the molecule is O=S(=O)(Cl)c1ccc(Oc2cc(F)ccc2Br)c(Br)c1. The molecule has 0 spiro atoms. The largest absolute Gasteiger partial charge is 0.455 e. The van der Waals surface area contributed by atoms with Crippen molar-refractivity contribution >= 4 is 51.6 Å². The first-order valence-corrected chi connectivity index (χ1v) is 9.04. The Kier molecular flexibility index (Phi) is 4.73. The lowest BCUT2D eigenvalue weighted by Crippen LogP contribution is -1.93. The van der Waals surface area contributed by atoms with Crippen molar-refractivity contribution in [2.45, 2.75) is 4.90 Å². The van der Waals surface area contributed by atoms with Crippen molar-refractivity contribution in [2.24, 2.45) is 0 Å². The highest BCUT2D eigenvalue weighted by Gasteiger charge is 2.14. The fraction of sp³-hybridized carbons (Fsp3) is 0. The predicted octanol–water partition coefficient (Wildman–Crippen LogP) is 5.07. The van der Waals surface area contributed by atoms with E-state index in [1.165, 1.54) is 36.4 Å². The summed E-state index contributed by atoms with van der Waals surface area (Å²) in [6.07, 6.45) is 0. The maximum absolute atomic E-state index is 13.2. The maximum Gasteiger partial charge on any atom is 0.261 e. The highest BCUT2D eigenvalue weighted by atomic mass is 79.9.